The topological polar surface area (TPSA) is 45.8 Å². The van der Waals surface area contributed by atoms with Crippen LogP contribution in [0.15, 0.2) is 20.7 Å². The summed E-state index contributed by atoms with van der Waals surface area (Å²) in [7, 11) is 1.67. The molecule has 0 saturated carbocycles. The molecule has 2 heterocycles. The first kappa shape index (κ1) is 12.3. The summed E-state index contributed by atoms with van der Waals surface area (Å²) in [5.74, 6) is 0. The molecule has 0 N–H and O–H groups in total. The highest BCUT2D eigenvalue weighted by Gasteiger charge is 2.01. The van der Waals surface area contributed by atoms with Gasteiger partial charge in [0.2, 0.25) is 0 Å². The highest BCUT2D eigenvalue weighted by Crippen LogP contribution is 2.22. The molecule has 0 aromatic carbocycles. The Labute approximate surface area is 114 Å². The van der Waals surface area contributed by atoms with Crippen molar-refractivity contribution in [3.05, 3.63) is 40.3 Å². The van der Waals surface area contributed by atoms with Gasteiger partial charge in [0.1, 0.15) is 4.66 Å². The Morgan fingerprint density at radius 3 is 2.82 bits per heavy atom. The number of hydrogen-bond acceptors (Lipinski definition) is 4. The number of hydrogen-bond donors (Lipinski definition) is 0. The molecule has 6 heteroatoms. The monoisotopic (exact) mass is 326 g/mol. The van der Waals surface area contributed by atoms with E-state index in [0.717, 1.165) is 8.66 Å². The van der Waals surface area contributed by atoms with Crippen LogP contribution in [0, 0.1) is 11.3 Å². The van der Waals surface area contributed by atoms with Gasteiger partial charge >= 0.3 is 0 Å². The van der Waals surface area contributed by atoms with Crippen LogP contribution in [0.2, 0.25) is 0 Å². The van der Waals surface area contributed by atoms with Crippen LogP contribution in [0.4, 0.5) is 0 Å². The molecule has 0 aliphatic carbocycles. The Balaban J connectivity index is 2.66. The number of rotatable bonds is 1. The molecule has 0 unspecified atom stereocenters. The molecular weight excluding hydrogens is 320 g/mol. The van der Waals surface area contributed by atoms with Gasteiger partial charge in [0.25, 0.3) is 5.56 Å². The van der Waals surface area contributed by atoms with Crippen molar-refractivity contribution in [3.63, 3.8) is 0 Å². The molecule has 0 saturated heterocycles. The summed E-state index contributed by atoms with van der Waals surface area (Å²) >= 11 is 6.27. The summed E-state index contributed by atoms with van der Waals surface area (Å²) in [5.41, 5.74) is -0.0685. The first-order chi connectivity index (χ1) is 8.11. The van der Waals surface area contributed by atoms with Gasteiger partial charge in [0.15, 0.2) is 0 Å². The van der Waals surface area contributed by atoms with Crippen LogP contribution in [0.25, 0.3) is 12.2 Å². The second-order valence-corrected chi connectivity index (χ2v) is 6.79. The predicted molar refractivity (Wildman–Crippen MR) is 74.5 cm³/mol. The van der Waals surface area contributed by atoms with Crippen LogP contribution < -0.4 is 14.8 Å². The van der Waals surface area contributed by atoms with Crippen molar-refractivity contribution in [2.45, 2.75) is 0 Å². The van der Waals surface area contributed by atoms with Gasteiger partial charge in [-0.05, 0) is 34.1 Å². The number of thiazole rings is 1. The van der Waals surface area contributed by atoms with E-state index in [4.69, 9.17) is 5.26 Å². The van der Waals surface area contributed by atoms with E-state index in [1.807, 2.05) is 24.3 Å². The van der Waals surface area contributed by atoms with E-state index >= 15 is 0 Å². The van der Waals surface area contributed by atoms with Crippen molar-refractivity contribution in [1.29, 1.82) is 5.26 Å². The normalized spacial score (nSPS) is 13.0. The largest absolute Gasteiger partial charge is 0.301 e. The second-order valence-electron chi connectivity index (χ2n) is 3.23. The minimum atomic E-state index is -0.0685. The summed E-state index contributed by atoms with van der Waals surface area (Å²) in [5, 5.41) is 8.61. The SMILES string of the molecule is Cn1c(=O)/c(=C\c2ccc(Br)s2)s/c1=C\C#N. The van der Waals surface area contributed by atoms with Crippen molar-refractivity contribution >= 4 is 50.8 Å². The third kappa shape index (κ3) is 2.57. The Morgan fingerprint density at radius 1 is 1.47 bits per heavy atom. The fourth-order valence-electron chi connectivity index (χ4n) is 1.30. The van der Waals surface area contributed by atoms with Crippen LogP contribution in [0.3, 0.4) is 0 Å². The van der Waals surface area contributed by atoms with E-state index in [2.05, 4.69) is 15.9 Å². The van der Waals surface area contributed by atoms with Crippen molar-refractivity contribution < 1.29 is 0 Å². The average Bonchev–Trinajstić information content (AvgIpc) is 2.80. The molecule has 2 aromatic heterocycles. The van der Waals surface area contributed by atoms with Crippen LogP contribution in [-0.2, 0) is 7.05 Å². The lowest BCUT2D eigenvalue weighted by molar-refractivity contribution is 0.857. The fourth-order valence-corrected chi connectivity index (χ4v) is 3.71. The number of nitriles is 1. The van der Waals surface area contributed by atoms with Crippen LogP contribution in [-0.4, -0.2) is 4.57 Å². The lowest BCUT2D eigenvalue weighted by Crippen LogP contribution is -2.28. The standard InChI is InChI=1S/C11H7BrN2OS2/c1-14-10(4-5-13)17-8(11(14)15)6-7-2-3-9(12)16-7/h2-4,6H,1H3/b8-6+,10-4-. The summed E-state index contributed by atoms with van der Waals surface area (Å²) in [6, 6.07) is 5.83. The van der Waals surface area contributed by atoms with Gasteiger partial charge < -0.3 is 4.57 Å². The number of halogens is 1. The van der Waals surface area contributed by atoms with Crippen molar-refractivity contribution in [1.82, 2.24) is 4.57 Å². The number of thiophene rings is 1. The van der Waals surface area contributed by atoms with Gasteiger partial charge in [-0.2, -0.15) is 5.26 Å². The van der Waals surface area contributed by atoms with Gasteiger partial charge in [0.05, 0.1) is 14.4 Å². The number of aromatic nitrogens is 1. The maximum atomic E-state index is 11.9. The second kappa shape index (κ2) is 5.00. The molecule has 17 heavy (non-hydrogen) atoms. The third-order valence-corrected chi connectivity index (χ3v) is 4.80. The van der Waals surface area contributed by atoms with Gasteiger partial charge in [0, 0.05) is 18.0 Å². The minimum absolute atomic E-state index is 0.0685. The molecule has 2 aromatic rings. The van der Waals surface area contributed by atoms with Crippen molar-refractivity contribution in [3.8, 4) is 6.07 Å². The summed E-state index contributed by atoms with van der Waals surface area (Å²) in [6.07, 6.45) is 3.23. The average molecular weight is 327 g/mol. The van der Waals surface area contributed by atoms with Crippen LogP contribution in [0.1, 0.15) is 4.88 Å². The van der Waals surface area contributed by atoms with E-state index in [0.29, 0.717) is 9.20 Å². The third-order valence-electron chi connectivity index (χ3n) is 2.12. The zero-order valence-corrected chi connectivity index (χ0v) is 12.0. The molecule has 0 amide bonds. The Kier molecular flexibility index (Phi) is 3.62. The molecular formula is C11H7BrN2OS2. The summed E-state index contributed by atoms with van der Waals surface area (Å²) in [6.45, 7) is 0. The molecule has 3 nitrogen and oxygen atoms in total. The zero-order chi connectivity index (χ0) is 12.4. The van der Waals surface area contributed by atoms with Crippen LogP contribution in [0.5, 0.6) is 0 Å². The van der Waals surface area contributed by atoms with Crippen molar-refractivity contribution in [2.24, 2.45) is 7.05 Å². The van der Waals surface area contributed by atoms with Gasteiger partial charge in [-0.3, -0.25) is 4.79 Å². The minimum Gasteiger partial charge on any atom is -0.301 e. The van der Waals surface area contributed by atoms with E-state index in [-0.39, 0.29) is 5.56 Å². The Morgan fingerprint density at radius 2 is 2.24 bits per heavy atom. The zero-order valence-electron chi connectivity index (χ0n) is 8.81. The Bertz CT molecular complexity index is 761. The lowest BCUT2D eigenvalue weighted by Gasteiger charge is -1.83. The fraction of sp³-hybridized carbons (Fsp3) is 0.0909. The first-order valence-electron chi connectivity index (χ1n) is 4.64. The first-order valence-corrected chi connectivity index (χ1v) is 7.07. The highest BCUT2D eigenvalue weighted by atomic mass is 79.9. The molecule has 0 aliphatic rings. The predicted octanol–water partition coefficient (Wildman–Crippen LogP) is 1.40. The summed E-state index contributed by atoms with van der Waals surface area (Å²) < 4.78 is 3.83. The van der Waals surface area contributed by atoms with Crippen LogP contribution >= 0.6 is 38.6 Å². The molecule has 2 rings (SSSR count). The quantitative estimate of drug-likeness (QED) is 0.795. The van der Waals surface area contributed by atoms with Crippen molar-refractivity contribution in [2.75, 3.05) is 0 Å². The van der Waals surface area contributed by atoms with E-state index in [1.165, 1.54) is 22.0 Å². The van der Waals surface area contributed by atoms with Gasteiger partial charge in [-0.1, -0.05) is 0 Å². The molecule has 86 valence electrons. The van der Waals surface area contributed by atoms with Gasteiger partial charge in [-0.25, -0.2) is 0 Å². The van der Waals surface area contributed by atoms with E-state index in [9.17, 15) is 4.79 Å². The smallest absolute Gasteiger partial charge is 0.268 e. The molecule has 0 aliphatic heterocycles. The van der Waals surface area contributed by atoms with Gasteiger partial charge in [-0.15, -0.1) is 22.7 Å². The highest BCUT2D eigenvalue weighted by molar-refractivity contribution is 9.11. The molecule has 0 atom stereocenters. The Hall–Kier alpha value is -1.16. The maximum Gasteiger partial charge on any atom is 0.268 e. The number of nitrogens with zero attached hydrogens (tertiary/aromatic N) is 2. The van der Waals surface area contributed by atoms with E-state index < -0.39 is 0 Å². The molecule has 0 radical (unpaired) electrons. The summed E-state index contributed by atoms with van der Waals surface area (Å²) in [4.78, 5) is 12.9. The van der Waals surface area contributed by atoms with E-state index in [1.54, 1.807) is 18.4 Å². The maximum absolute atomic E-state index is 11.9. The molecule has 0 spiro atoms. The molecule has 0 fully saturated rings. The lowest BCUT2D eigenvalue weighted by atomic mass is 10.4. The molecule has 0 bridgehead atoms.